The van der Waals surface area contributed by atoms with Crippen molar-refractivity contribution in [1.29, 1.82) is 0 Å². The fourth-order valence-electron chi connectivity index (χ4n) is 1.98. The number of benzene rings is 1. The fourth-order valence-corrected chi connectivity index (χ4v) is 1.98. The third-order valence-corrected chi connectivity index (χ3v) is 2.97. The highest BCUT2D eigenvalue weighted by Gasteiger charge is 2.18. The molecule has 0 atom stereocenters. The Morgan fingerprint density at radius 2 is 2.17 bits per heavy atom. The van der Waals surface area contributed by atoms with Gasteiger partial charge in [-0.3, -0.25) is 0 Å². The number of esters is 1. The highest BCUT2D eigenvalue weighted by molar-refractivity contribution is 5.95. The van der Waals surface area contributed by atoms with Gasteiger partial charge in [0.2, 0.25) is 0 Å². The number of nitrogens with one attached hydrogen (secondary N) is 1. The van der Waals surface area contributed by atoms with E-state index in [9.17, 15) is 9.18 Å². The Morgan fingerprint density at radius 3 is 2.83 bits per heavy atom. The molecule has 98 valence electrons. The van der Waals surface area contributed by atoms with E-state index < -0.39 is 11.8 Å². The van der Waals surface area contributed by atoms with Gasteiger partial charge in [-0.2, -0.15) is 0 Å². The van der Waals surface area contributed by atoms with Crippen LogP contribution >= 0.6 is 0 Å². The number of halogens is 1. The normalized spacial score (nSPS) is 16.3. The Morgan fingerprint density at radius 1 is 1.44 bits per heavy atom. The molecule has 0 bridgehead atoms. The van der Waals surface area contributed by atoms with Crippen molar-refractivity contribution in [3.8, 4) is 0 Å². The maximum Gasteiger partial charge on any atom is 0.340 e. The van der Waals surface area contributed by atoms with Gasteiger partial charge in [0.05, 0.1) is 12.7 Å². The summed E-state index contributed by atoms with van der Waals surface area (Å²) in [6, 6.07) is 4.33. The number of hydrogen-bond acceptors (Lipinski definition) is 4. The third-order valence-electron chi connectivity index (χ3n) is 2.97. The van der Waals surface area contributed by atoms with Crippen molar-refractivity contribution in [2.75, 3.05) is 25.6 Å². The van der Waals surface area contributed by atoms with Crippen molar-refractivity contribution in [2.24, 2.45) is 0 Å². The average Bonchev–Trinajstić information content (AvgIpc) is 2.41. The van der Waals surface area contributed by atoms with Gasteiger partial charge >= 0.3 is 5.97 Å². The van der Waals surface area contributed by atoms with Gasteiger partial charge in [-0.1, -0.05) is 0 Å². The summed E-state index contributed by atoms with van der Waals surface area (Å²) in [5.74, 6) is -0.989. The van der Waals surface area contributed by atoms with Crippen LogP contribution in [0.5, 0.6) is 0 Å². The molecule has 1 aliphatic rings. The lowest BCUT2D eigenvalue weighted by atomic mass is 10.1. The summed E-state index contributed by atoms with van der Waals surface area (Å²) in [6.45, 7) is 1.40. The van der Waals surface area contributed by atoms with Crippen molar-refractivity contribution in [3.05, 3.63) is 29.6 Å². The molecular formula is C13H16FNO3. The molecule has 4 nitrogen and oxygen atoms in total. The van der Waals surface area contributed by atoms with E-state index in [4.69, 9.17) is 4.74 Å². The summed E-state index contributed by atoms with van der Waals surface area (Å²) in [5, 5.41) is 3.24. The van der Waals surface area contributed by atoms with Crippen LogP contribution < -0.4 is 5.32 Å². The predicted octanol–water partition coefficient (Wildman–Crippen LogP) is 2.20. The second-order valence-corrected chi connectivity index (χ2v) is 4.21. The number of carbonyl (C=O) groups excluding carboxylic acids is 1. The molecule has 0 aliphatic carbocycles. The largest absolute Gasteiger partial charge is 0.465 e. The van der Waals surface area contributed by atoms with Gasteiger partial charge in [-0.25, -0.2) is 9.18 Å². The number of ether oxygens (including phenoxy) is 2. The van der Waals surface area contributed by atoms with Gasteiger partial charge in [0, 0.05) is 24.9 Å². The number of anilines is 1. The lowest BCUT2D eigenvalue weighted by Crippen LogP contribution is -2.28. The molecule has 1 aliphatic heterocycles. The van der Waals surface area contributed by atoms with Crippen molar-refractivity contribution in [3.63, 3.8) is 0 Å². The van der Waals surface area contributed by atoms with Crippen LogP contribution in [0.1, 0.15) is 23.2 Å². The van der Waals surface area contributed by atoms with Gasteiger partial charge in [0.25, 0.3) is 0 Å². The molecule has 0 aromatic heterocycles. The molecule has 5 heteroatoms. The predicted molar refractivity (Wildman–Crippen MR) is 65.2 cm³/mol. The van der Waals surface area contributed by atoms with E-state index in [2.05, 4.69) is 10.1 Å². The molecule has 1 saturated heterocycles. The maximum absolute atomic E-state index is 13.2. The molecule has 0 spiro atoms. The molecule has 0 amide bonds. The van der Waals surface area contributed by atoms with Crippen molar-refractivity contribution < 1.29 is 18.7 Å². The molecule has 18 heavy (non-hydrogen) atoms. The Kier molecular flexibility index (Phi) is 4.15. The maximum atomic E-state index is 13.2. The Hall–Kier alpha value is -1.62. The van der Waals surface area contributed by atoms with Crippen LogP contribution in [0.25, 0.3) is 0 Å². The van der Waals surface area contributed by atoms with Crippen molar-refractivity contribution in [2.45, 2.75) is 18.9 Å². The van der Waals surface area contributed by atoms with Gasteiger partial charge in [-0.15, -0.1) is 0 Å². The second kappa shape index (κ2) is 5.82. The fraction of sp³-hybridized carbons (Fsp3) is 0.462. The molecule has 1 aromatic rings. The SMILES string of the molecule is COC(=O)c1cc(F)ccc1NC1CCOCC1. The number of hydrogen-bond donors (Lipinski definition) is 1. The minimum Gasteiger partial charge on any atom is -0.465 e. The molecule has 1 heterocycles. The molecule has 2 rings (SSSR count). The van der Waals surface area contributed by atoms with Gasteiger partial charge in [0.1, 0.15) is 5.82 Å². The highest BCUT2D eigenvalue weighted by Crippen LogP contribution is 2.21. The topological polar surface area (TPSA) is 47.6 Å². The van der Waals surface area contributed by atoms with Gasteiger partial charge in [0.15, 0.2) is 0 Å². The minimum atomic E-state index is -0.538. The zero-order chi connectivity index (χ0) is 13.0. The van der Waals surface area contributed by atoms with Crippen LogP contribution in [0.4, 0.5) is 10.1 Å². The first kappa shape index (κ1) is 12.8. The van der Waals surface area contributed by atoms with Crippen molar-refractivity contribution >= 4 is 11.7 Å². The summed E-state index contributed by atoms with van der Waals surface area (Å²) < 4.78 is 23.1. The van der Waals surface area contributed by atoms with Crippen LogP contribution in [-0.2, 0) is 9.47 Å². The second-order valence-electron chi connectivity index (χ2n) is 4.21. The quantitative estimate of drug-likeness (QED) is 0.839. The summed E-state index contributed by atoms with van der Waals surface area (Å²) in [4.78, 5) is 11.6. The first-order valence-electron chi connectivity index (χ1n) is 5.93. The Bertz CT molecular complexity index is 430. The minimum absolute atomic E-state index is 0.226. The van der Waals surface area contributed by atoms with E-state index in [1.165, 1.54) is 19.2 Å². The van der Waals surface area contributed by atoms with E-state index in [1.807, 2.05) is 0 Å². The van der Waals surface area contributed by atoms with Crippen LogP contribution in [0.2, 0.25) is 0 Å². The summed E-state index contributed by atoms with van der Waals surface area (Å²) >= 11 is 0. The van der Waals surface area contributed by atoms with Crippen LogP contribution in [-0.4, -0.2) is 32.3 Å². The first-order chi connectivity index (χ1) is 8.70. The van der Waals surface area contributed by atoms with Crippen LogP contribution in [0.15, 0.2) is 18.2 Å². The van der Waals surface area contributed by atoms with Crippen LogP contribution in [0.3, 0.4) is 0 Å². The Balaban J connectivity index is 2.17. The number of rotatable bonds is 3. The average molecular weight is 253 g/mol. The molecule has 0 unspecified atom stereocenters. The first-order valence-corrected chi connectivity index (χ1v) is 5.93. The van der Waals surface area contributed by atoms with E-state index >= 15 is 0 Å². The molecule has 1 aromatic carbocycles. The lowest BCUT2D eigenvalue weighted by Gasteiger charge is -2.25. The molecular weight excluding hydrogens is 237 g/mol. The zero-order valence-electron chi connectivity index (χ0n) is 10.2. The van der Waals surface area contributed by atoms with Crippen molar-refractivity contribution in [1.82, 2.24) is 0 Å². The summed E-state index contributed by atoms with van der Waals surface area (Å²) in [5.41, 5.74) is 0.833. The molecule has 0 radical (unpaired) electrons. The summed E-state index contributed by atoms with van der Waals surface area (Å²) in [6.07, 6.45) is 1.75. The molecule has 1 N–H and O–H groups in total. The van der Waals surface area contributed by atoms with Gasteiger partial charge in [-0.05, 0) is 31.0 Å². The summed E-state index contributed by atoms with van der Waals surface area (Å²) in [7, 11) is 1.28. The van der Waals surface area contributed by atoms with E-state index in [0.717, 1.165) is 12.8 Å². The standard InChI is InChI=1S/C13H16FNO3/c1-17-13(16)11-8-9(14)2-3-12(11)15-10-4-6-18-7-5-10/h2-3,8,10,15H,4-7H2,1H3. The van der Waals surface area contributed by atoms with Gasteiger partial charge < -0.3 is 14.8 Å². The monoisotopic (exact) mass is 253 g/mol. The lowest BCUT2D eigenvalue weighted by molar-refractivity contribution is 0.0601. The van der Waals surface area contributed by atoms with E-state index in [1.54, 1.807) is 6.07 Å². The highest BCUT2D eigenvalue weighted by atomic mass is 19.1. The molecule has 1 fully saturated rings. The zero-order valence-corrected chi connectivity index (χ0v) is 10.2. The van der Waals surface area contributed by atoms with E-state index in [-0.39, 0.29) is 11.6 Å². The third kappa shape index (κ3) is 2.98. The number of methoxy groups -OCH3 is 1. The number of carbonyl (C=O) groups is 1. The van der Waals surface area contributed by atoms with Crippen LogP contribution in [0, 0.1) is 5.82 Å². The Labute approximate surface area is 105 Å². The van der Waals surface area contributed by atoms with E-state index in [0.29, 0.717) is 18.9 Å². The smallest absolute Gasteiger partial charge is 0.340 e. The molecule has 0 saturated carbocycles.